The molecule has 19 heavy (non-hydrogen) atoms. The number of anilines is 1. The first-order chi connectivity index (χ1) is 9.17. The molecule has 1 aliphatic heterocycles. The van der Waals surface area contributed by atoms with Gasteiger partial charge in [-0.1, -0.05) is 12.1 Å². The van der Waals surface area contributed by atoms with Crippen molar-refractivity contribution in [1.29, 1.82) is 0 Å². The van der Waals surface area contributed by atoms with Crippen LogP contribution in [0.15, 0.2) is 24.3 Å². The van der Waals surface area contributed by atoms with Crippen molar-refractivity contribution >= 4 is 28.9 Å². The lowest BCUT2D eigenvalue weighted by atomic mass is 10.2. The van der Waals surface area contributed by atoms with Crippen LogP contribution >= 0.6 is 12.2 Å². The molecule has 0 saturated carbocycles. The number of para-hydroxylation sites is 2. The monoisotopic (exact) mass is 279 g/mol. The summed E-state index contributed by atoms with van der Waals surface area (Å²) in [6, 6.07) is 7.56. The van der Waals surface area contributed by atoms with E-state index >= 15 is 0 Å². The predicted octanol–water partition coefficient (Wildman–Crippen LogP) is 0.894. The quantitative estimate of drug-likeness (QED) is 0.788. The topological polar surface area (TPSA) is 53.6 Å². The summed E-state index contributed by atoms with van der Waals surface area (Å²) >= 11 is 5.35. The third-order valence-electron chi connectivity index (χ3n) is 2.89. The molecule has 0 fully saturated rings. The first-order valence-corrected chi connectivity index (χ1v) is 6.60. The van der Waals surface area contributed by atoms with Gasteiger partial charge in [-0.15, -0.1) is 0 Å². The number of likely N-dealkylation sites (N-methyl/N-ethyl adjacent to an activating group) is 1. The second-order valence-corrected chi connectivity index (χ2v) is 4.52. The number of carbonyl (C=O) groups is 1. The van der Waals surface area contributed by atoms with Crippen molar-refractivity contribution in [3.63, 3.8) is 0 Å². The molecular formula is C13H17N3O2S. The molecule has 2 N–H and O–H groups in total. The maximum atomic E-state index is 11.8. The molecule has 1 atom stereocenters. The van der Waals surface area contributed by atoms with Gasteiger partial charge < -0.3 is 20.3 Å². The molecule has 6 heteroatoms. The first kappa shape index (κ1) is 13.6. The van der Waals surface area contributed by atoms with Crippen LogP contribution in [-0.4, -0.2) is 37.3 Å². The van der Waals surface area contributed by atoms with Gasteiger partial charge in [0.15, 0.2) is 11.2 Å². The fourth-order valence-electron chi connectivity index (χ4n) is 1.97. The van der Waals surface area contributed by atoms with Gasteiger partial charge in [0.05, 0.1) is 12.2 Å². The van der Waals surface area contributed by atoms with E-state index in [4.69, 9.17) is 17.0 Å². The lowest BCUT2D eigenvalue weighted by Gasteiger charge is -2.35. The maximum Gasteiger partial charge on any atom is 0.262 e. The predicted molar refractivity (Wildman–Crippen MR) is 78.5 cm³/mol. The molecule has 1 aliphatic rings. The van der Waals surface area contributed by atoms with Crippen molar-refractivity contribution in [2.75, 3.05) is 25.0 Å². The summed E-state index contributed by atoms with van der Waals surface area (Å²) in [5.74, 6) is 0.515. The Morgan fingerprint density at radius 3 is 2.95 bits per heavy atom. The highest BCUT2D eigenvalue weighted by Gasteiger charge is 2.31. The largest absolute Gasteiger partial charge is 0.477 e. The molecule has 0 radical (unpaired) electrons. The summed E-state index contributed by atoms with van der Waals surface area (Å²) in [5, 5.41) is 6.31. The van der Waals surface area contributed by atoms with E-state index in [-0.39, 0.29) is 5.91 Å². The van der Waals surface area contributed by atoms with E-state index in [9.17, 15) is 4.79 Å². The van der Waals surface area contributed by atoms with E-state index < -0.39 is 6.10 Å². The molecule has 0 aromatic heterocycles. The smallest absolute Gasteiger partial charge is 0.262 e. The van der Waals surface area contributed by atoms with E-state index in [0.29, 0.717) is 17.4 Å². The van der Waals surface area contributed by atoms with Gasteiger partial charge in [0, 0.05) is 13.6 Å². The molecule has 0 aliphatic carbocycles. The lowest BCUT2D eigenvalue weighted by molar-refractivity contribution is -0.127. The van der Waals surface area contributed by atoms with Crippen LogP contribution in [0, 0.1) is 0 Å². The number of nitrogens with one attached hydrogen (secondary N) is 2. The molecule has 1 amide bonds. The highest BCUT2D eigenvalue weighted by molar-refractivity contribution is 7.80. The highest BCUT2D eigenvalue weighted by atomic mass is 32.1. The van der Waals surface area contributed by atoms with Gasteiger partial charge in [-0.25, -0.2) is 0 Å². The number of rotatable bonds is 2. The number of fused-ring (bicyclic) bond motifs is 1. The molecule has 102 valence electrons. The van der Waals surface area contributed by atoms with Crippen molar-refractivity contribution in [3.05, 3.63) is 24.3 Å². The van der Waals surface area contributed by atoms with Crippen molar-refractivity contribution in [1.82, 2.24) is 10.6 Å². The van der Waals surface area contributed by atoms with Gasteiger partial charge in [0.25, 0.3) is 5.91 Å². The van der Waals surface area contributed by atoms with Crippen LogP contribution in [0.4, 0.5) is 5.69 Å². The van der Waals surface area contributed by atoms with Gasteiger partial charge in [-0.05, 0) is 31.3 Å². The first-order valence-electron chi connectivity index (χ1n) is 6.20. The molecule has 1 aromatic rings. The van der Waals surface area contributed by atoms with Crippen molar-refractivity contribution in [2.45, 2.75) is 13.0 Å². The van der Waals surface area contributed by atoms with Gasteiger partial charge in [-0.3, -0.25) is 4.79 Å². The van der Waals surface area contributed by atoms with Crippen LogP contribution < -0.4 is 20.3 Å². The maximum absolute atomic E-state index is 11.8. The highest BCUT2D eigenvalue weighted by Crippen LogP contribution is 2.33. The van der Waals surface area contributed by atoms with Crippen LogP contribution in [0.3, 0.4) is 0 Å². The zero-order chi connectivity index (χ0) is 13.8. The van der Waals surface area contributed by atoms with Gasteiger partial charge in [0.2, 0.25) is 0 Å². The summed E-state index contributed by atoms with van der Waals surface area (Å²) in [4.78, 5) is 13.7. The molecule has 5 nitrogen and oxygen atoms in total. The van der Waals surface area contributed by atoms with Crippen molar-refractivity contribution in [3.8, 4) is 5.75 Å². The number of carbonyl (C=O) groups excluding carboxylic acids is 1. The van der Waals surface area contributed by atoms with Crippen LogP contribution in [-0.2, 0) is 4.79 Å². The molecule has 0 saturated heterocycles. The van der Waals surface area contributed by atoms with E-state index in [1.807, 2.05) is 36.1 Å². The minimum absolute atomic E-state index is 0.154. The zero-order valence-corrected chi connectivity index (χ0v) is 11.8. The average Bonchev–Trinajstić information content (AvgIpc) is 2.45. The number of hydrogen-bond acceptors (Lipinski definition) is 3. The Hall–Kier alpha value is -1.82. The standard InChI is InChI=1S/C13H17N3O2S/c1-3-15-13(19)16-8-11(12(17)14-2)18-10-7-5-4-6-9(10)16/h4-7,11H,3,8H2,1-2H3,(H,14,17)(H,15,19)/t11-/m1/s1. The molecule has 2 rings (SSSR count). The Labute approximate surface area is 117 Å². The number of thiocarbonyl (C=S) groups is 1. The summed E-state index contributed by atoms with van der Waals surface area (Å²) < 4.78 is 5.70. The fourth-order valence-corrected chi connectivity index (χ4v) is 2.29. The molecule has 0 spiro atoms. The summed E-state index contributed by atoms with van der Waals surface area (Å²) in [5.41, 5.74) is 0.883. The minimum atomic E-state index is -0.559. The van der Waals surface area contributed by atoms with E-state index in [2.05, 4.69) is 10.6 Å². The second-order valence-electron chi connectivity index (χ2n) is 4.13. The number of nitrogens with zero attached hydrogens (tertiary/aromatic N) is 1. The Morgan fingerprint density at radius 2 is 2.26 bits per heavy atom. The van der Waals surface area contributed by atoms with Gasteiger partial charge in [0.1, 0.15) is 5.75 Å². The Balaban J connectivity index is 2.31. The van der Waals surface area contributed by atoms with Gasteiger partial charge in [-0.2, -0.15) is 0 Å². The number of hydrogen-bond donors (Lipinski definition) is 2. The molecule has 0 bridgehead atoms. The molecular weight excluding hydrogens is 262 g/mol. The van der Waals surface area contributed by atoms with Crippen LogP contribution in [0.5, 0.6) is 5.75 Å². The Kier molecular flexibility index (Phi) is 4.21. The van der Waals surface area contributed by atoms with E-state index in [1.54, 1.807) is 7.05 Å². The summed E-state index contributed by atoms with van der Waals surface area (Å²) in [7, 11) is 1.60. The second kappa shape index (κ2) is 5.88. The molecule has 0 unspecified atom stereocenters. The average molecular weight is 279 g/mol. The summed E-state index contributed by atoms with van der Waals surface area (Å²) in [6.45, 7) is 3.13. The SMILES string of the molecule is CCNC(=S)N1C[C@H](C(=O)NC)Oc2ccccc21. The number of ether oxygens (including phenoxy) is 1. The lowest BCUT2D eigenvalue weighted by Crippen LogP contribution is -2.52. The van der Waals surface area contributed by atoms with Crippen molar-refractivity contribution < 1.29 is 9.53 Å². The van der Waals surface area contributed by atoms with Crippen LogP contribution in [0.2, 0.25) is 0 Å². The number of benzene rings is 1. The minimum Gasteiger partial charge on any atom is -0.477 e. The zero-order valence-electron chi connectivity index (χ0n) is 11.0. The Bertz CT molecular complexity index is 493. The van der Waals surface area contributed by atoms with Crippen molar-refractivity contribution in [2.24, 2.45) is 0 Å². The van der Waals surface area contributed by atoms with E-state index in [0.717, 1.165) is 12.2 Å². The number of amides is 1. The van der Waals surface area contributed by atoms with Crippen LogP contribution in [0.1, 0.15) is 6.92 Å². The Morgan fingerprint density at radius 1 is 1.53 bits per heavy atom. The third kappa shape index (κ3) is 2.78. The fraction of sp³-hybridized carbons (Fsp3) is 0.385. The van der Waals surface area contributed by atoms with E-state index in [1.165, 1.54) is 0 Å². The summed E-state index contributed by atoms with van der Waals surface area (Å²) in [6.07, 6.45) is -0.559. The molecule has 1 aromatic carbocycles. The normalized spacial score (nSPS) is 17.2. The molecule has 1 heterocycles. The van der Waals surface area contributed by atoms with Gasteiger partial charge >= 0.3 is 0 Å². The van der Waals surface area contributed by atoms with Crippen LogP contribution in [0.25, 0.3) is 0 Å². The third-order valence-corrected chi connectivity index (χ3v) is 3.25.